The number of benzene rings is 1. The zero-order chi connectivity index (χ0) is 22.1. The van der Waals surface area contributed by atoms with Crippen molar-refractivity contribution in [3.05, 3.63) is 69.1 Å². The summed E-state index contributed by atoms with van der Waals surface area (Å²) in [5, 5.41) is 0.278. The Bertz CT molecular complexity index is 1250. The van der Waals surface area contributed by atoms with Gasteiger partial charge >= 0.3 is 0 Å². The van der Waals surface area contributed by atoms with Crippen LogP contribution in [-0.2, 0) is 13.6 Å². The molecular formula is C21H21F2N5O3. The lowest BCUT2D eigenvalue weighted by Gasteiger charge is -2.36. The predicted octanol–water partition coefficient (Wildman–Crippen LogP) is 1.32. The Morgan fingerprint density at radius 3 is 2.55 bits per heavy atom. The third kappa shape index (κ3) is 4.05. The van der Waals surface area contributed by atoms with Crippen LogP contribution in [0.25, 0.3) is 10.9 Å². The van der Waals surface area contributed by atoms with E-state index in [1.165, 1.54) is 10.6 Å². The smallest absolute Gasteiger partial charge is 0.263 e. The minimum atomic E-state index is -2.63. The van der Waals surface area contributed by atoms with Gasteiger partial charge in [0, 0.05) is 45.1 Å². The van der Waals surface area contributed by atoms with E-state index in [2.05, 4.69) is 9.88 Å². The molecule has 1 aliphatic rings. The summed E-state index contributed by atoms with van der Waals surface area (Å²) in [5.41, 5.74) is 0.575. The first kappa shape index (κ1) is 20.7. The van der Waals surface area contributed by atoms with Crippen LogP contribution in [0.3, 0.4) is 0 Å². The number of pyridine rings is 1. The molecule has 3 heterocycles. The van der Waals surface area contributed by atoms with Crippen LogP contribution in [0.4, 0.5) is 14.5 Å². The van der Waals surface area contributed by atoms with Crippen molar-refractivity contribution in [1.29, 1.82) is 0 Å². The van der Waals surface area contributed by atoms with Gasteiger partial charge in [0.15, 0.2) is 0 Å². The van der Waals surface area contributed by atoms with Crippen molar-refractivity contribution in [3.63, 3.8) is 0 Å². The van der Waals surface area contributed by atoms with Crippen molar-refractivity contribution in [1.82, 2.24) is 19.0 Å². The summed E-state index contributed by atoms with van der Waals surface area (Å²) < 4.78 is 27.5. The highest BCUT2D eigenvalue weighted by atomic mass is 19.3. The molecule has 31 heavy (non-hydrogen) atoms. The fraction of sp³-hybridized carbons (Fsp3) is 0.333. The molecule has 0 unspecified atom stereocenters. The maximum atomic E-state index is 12.7. The van der Waals surface area contributed by atoms with E-state index >= 15 is 0 Å². The second kappa shape index (κ2) is 8.29. The number of nitrogens with zero attached hydrogens (tertiary/aromatic N) is 5. The van der Waals surface area contributed by atoms with Gasteiger partial charge in [-0.2, -0.15) is 0 Å². The molecule has 162 valence electrons. The fourth-order valence-electron chi connectivity index (χ4n) is 3.72. The van der Waals surface area contributed by atoms with Gasteiger partial charge in [-0.3, -0.25) is 19.0 Å². The molecule has 2 aromatic heterocycles. The second-order valence-electron chi connectivity index (χ2n) is 7.41. The van der Waals surface area contributed by atoms with Gasteiger partial charge in [0.2, 0.25) is 0 Å². The summed E-state index contributed by atoms with van der Waals surface area (Å²) in [6.45, 7) is 1.29. The summed E-state index contributed by atoms with van der Waals surface area (Å²) in [6.07, 6.45) is 0.108. The number of carbonyl (C=O) groups is 1. The van der Waals surface area contributed by atoms with Gasteiger partial charge in [-0.25, -0.2) is 13.8 Å². The van der Waals surface area contributed by atoms with E-state index in [1.54, 1.807) is 42.4 Å². The van der Waals surface area contributed by atoms with Crippen LogP contribution in [0.1, 0.15) is 10.4 Å². The first-order valence-corrected chi connectivity index (χ1v) is 9.82. The van der Waals surface area contributed by atoms with Gasteiger partial charge in [0.25, 0.3) is 23.5 Å². The average molecular weight is 429 g/mol. The number of amides is 1. The summed E-state index contributed by atoms with van der Waals surface area (Å²) in [5.74, 6) is -0.291. The van der Waals surface area contributed by atoms with E-state index in [-0.39, 0.29) is 22.4 Å². The molecule has 0 aliphatic carbocycles. The monoisotopic (exact) mass is 429 g/mol. The lowest BCUT2D eigenvalue weighted by atomic mass is 10.1. The molecule has 0 saturated carbocycles. The van der Waals surface area contributed by atoms with Crippen molar-refractivity contribution < 1.29 is 13.6 Å². The average Bonchev–Trinajstić information content (AvgIpc) is 2.77. The standard InChI is InChI=1S/C21H21F2N5O3/c1-25-6-2-3-16(19(25)29)21(31)27-9-7-26(8-10-27)14-4-5-15-17(11-14)24-13-28(20(15)30)12-18(22)23/h2-6,11,13,18H,7-10,12H2,1H3. The Balaban J connectivity index is 1.49. The number of halogens is 2. The number of anilines is 1. The second-order valence-corrected chi connectivity index (χ2v) is 7.41. The van der Waals surface area contributed by atoms with E-state index in [1.807, 2.05) is 0 Å². The van der Waals surface area contributed by atoms with E-state index in [9.17, 15) is 23.2 Å². The van der Waals surface area contributed by atoms with Gasteiger partial charge < -0.3 is 14.4 Å². The maximum Gasteiger partial charge on any atom is 0.263 e. The number of carbonyl (C=O) groups excluding carboxylic acids is 1. The van der Waals surface area contributed by atoms with Crippen LogP contribution < -0.4 is 16.0 Å². The summed E-state index contributed by atoms with van der Waals surface area (Å²) in [4.78, 5) is 45.1. The van der Waals surface area contributed by atoms with Crippen LogP contribution in [0.2, 0.25) is 0 Å². The largest absolute Gasteiger partial charge is 0.368 e. The lowest BCUT2D eigenvalue weighted by molar-refractivity contribution is 0.0744. The third-order valence-corrected chi connectivity index (χ3v) is 5.43. The van der Waals surface area contributed by atoms with Crippen LogP contribution in [0.15, 0.2) is 52.4 Å². The first-order valence-electron chi connectivity index (χ1n) is 9.82. The molecule has 0 bridgehead atoms. The molecule has 1 aromatic carbocycles. The van der Waals surface area contributed by atoms with Crippen molar-refractivity contribution in [2.24, 2.45) is 7.05 Å². The Hall–Kier alpha value is -3.56. The van der Waals surface area contributed by atoms with Crippen molar-refractivity contribution in [2.75, 3.05) is 31.1 Å². The number of piperazine rings is 1. The van der Waals surface area contributed by atoms with E-state index in [4.69, 9.17) is 0 Å². The summed E-state index contributed by atoms with van der Waals surface area (Å²) in [7, 11) is 1.60. The highest BCUT2D eigenvalue weighted by Crippen LogP contribution is 2.21. The van der Waals surface area contributed by atoms with Crippen LogP contribution in [0.5, 0.6) is 0 Å². The topological polar surface area (TPSA) is 80.4 Å². The zero-order valence-electron chi connectivity index (χ0n) is 16.9. The van der Waals surface area contributed by atoms with Crippen molar-refractivity contribution in [3.8, 4) is 0 Å². The van der Waals surface area contributed by atoms with Crippen LogP contribution >= 0.6 is 0 Å². The molecule has 3 aromatic rings. The van der Waals surface area contributed by atoms with Gasteiger partial charge in [-0.05, 0) is 30.3 Å². The molecule has 0 spiro atoms. The quantitative estimate of drug-likeness (QED) is 0.625. The van der Waals surface area contributed by atoms with Crippen LogP contribution in [0, 0.1) is 0 Å². The lowest BCUT2D eigenvalue weighted by Crippen LogP contribution is -2.49. The predicted molar refractivity (Wildman–Crippen MR) is 112 cm³/mol. The van der Waals surface area contributed by atoms with E-state index in [0.717, 1.165) is 16.6 Å². The fourth-order valence-corrected chi connectivity index (χ4v) is 3.72. The van der Waals surface area contributed by atoms with Crippen molar-refractivity contribution in [2.45, 2.75) is 13.0 Å². The molecule has 10 heteroatoms. The molecule has 0 radical (unpaired) electrons. The molecule has 1 fully saturated rings. The van der Waals surface area contributed by atoms with E-state index < -0.39 is 18.5 Å². The molecule has 4 rings (SSSR count). The Morgan fingerprint density at radius 2 is 1.84 bits per heavy atom. The number of aromatic nitrogens is 3. The van der Waals surface area contributed by atoms with Crippen LogP contribution in [-0.4, -0.2) is 57.5 Å². The van der Waals surface area contributed by atoms with Crippen molar-refractivity contribution >= 4 is 22.5 Å². The summed E-state index contributed by atoms with van der Waals surface area (Å²) in [6, 6.07) is 8.29. The molecule has 1 saturated heterocycles. The summed E-state index contributed by atoms with van der Waals surface area (Å²) >= 11 is 0. The minimum Gasteiger partial charge on any atom is -0.368 e. The molecule has 1 aliphatic heterocycles. The molecule has 8 nitrogen and oxygen atoms in total. The third-order valence-electron chi connectivity index (χ3n) is 5.43. The minimum absolute atomic E-state index is 0.147. The first-order chi connectivity index (χ1) is 14.8. The SMILES string of the molecule is Cn1cccc(C(=O)N2CCN(c3ccc4c(=O)n(CC(F)F)cnc4c3)CC2)c1=O. The molecule has 0 N–H and O–H groups in total. The maximum absolute atomic E-state index is 12.7. The molecule has 0 atom stereocenters. The van der Waals surface area contributed by atoms with Gasteiger partial charge in [-0.15, -0.1) is 0 Å². The number of aryl methyl sites for hydroxylation is 1. The Morgan fingerprint density at radius 1 is 1.10 bits per heavy atom. The number of hydrogen-bond acceptors (Lipinski definition) is 5. The molecule has 1 amide bonds. The van der Waals surface area contributed by atoms with E-state index in [0.29, 0.717) is 31.7 Å². The number of fused-ring (bicyclic) bond motifs is 1. The van der Waals surface area contributed by atoms with Gasteiger partial charge in [0.1, 0.15) is 5.56 Å². The zero-order valence-corrected chi connectivity index (χ0v) is 16.9. The van der Waals surface area contributed by atoms with Gasteiger partial charge in [0.05, 0.1) is 23.8 Å². The number of alkyl halides is 2. The highest BCUT2D eigenvalue weighted by Gasteiger charge is 2.24. The highest BCUT2D eigenvalue weighted by molar-refractivity contribution is 5.94. The van der Waals surface area contributed by atoms with Gasteiger partial charge in [-0.1, -0.05) is 0 Å². The number of hydrogen-bond donors (Lipinski definition) is 0. The Kier molecular flexibility index (Phi) is 5.53. The molecular weight excluding hydrogens is 408 g/mol. The number of rotatable bonds is 4. The Labute approximate surface area is 175 Å². The normalized spacial score (nSPS) is 14.5.